The summed E-state index contributed by atoms with van der Waals surface area (Å²) in [6.45, 7) is 0. The summed E-state index contributed by atoms with van der Waals surface area (Å²) in [4.78, 5) is 13.3. The Hall–Kier alpha value is -7.76. The number of hydrogen-bond donors (Lipinski definition) is 0. The van der Waals surface area contributed by atoms with Gasteiger partial charge >= 0.3 is 0 Å². The van der Waals surface area contributed by atoms with Gasteiger partial charge in [-0.25, -0.2) is 9.97 Å². The Labute approximate surface area is 328 Å². The summed E-state index contributed by atoms with van der Waals surface area (Å²) in [7, 11) is 0. The SMILES string of the molecule is c1ccc(-c2nc(-n3c4ccc5ccccc5c4c4cccc(-c5ccc6c(c5)N(c5ccccc5)c5ccccc5O6)c43)nc3c2ccc2ccccc23)cc1. The fourth-order valence-electron chi connectivity index (χ4n) is 8.82. The molecule has 0 radical (unpaired) electrons. The van der Waals surface area contributed by atoms with E-state index in [1.54, 1.807) is 0 Å². The zero-order valence-electron chi connectivity index (χ0n) is 30.7. The zero-order chi connectivity index (χ0) is 37.5. The Bertz CT molecular complexity index is 3390. The first-order valence-electron chi connectivity index (χ1n) is 19.3. The van der Waals surface area contributed by atoms with Crippen LogP contribution in [0.4, 0.5) is 17.1 Å². The minimum absolute atomic E-state index is 0.626. The van der Waals surface area contributed by atoms with Crippen molar-refractivity contribution < 1.29 is 4.74 Å². The van der Waals surface area contributed by atoms with Gasteiger partial charge in [-0.15, -0.1) is 0 Å². The van der Waals surface area contributed by atoms with Crippen LogP contribution in [-0.2, 0) is 0 Å². The number of benzene rings is 9. The maximum Gasteiger partial charge on any atom is 0.235 e. The Kier molecular flexibility index (Phi) is 6.86. The van der Waals surface area contributed by atoms with E-state index in [4.69, 9.17) is 14.7 Å². The molecule has 0 fully saturated rings. The molecule has 0 unspecified atom stereocenters. The van der Waals surface area contributed by atoms with Crippen LogP contribution in [0.3, 0.4) is 0 Å². The number of rotatable bonds is 4. The fourth-order valence-corrected chi connectivity index (χ4v) is 8.82. The van der Waals surface area contributed by atoms with Crippen molar-refractivity contribution in [2.75, 3.05) is 4.90 Å². The molecular weight excluding hydrogens is 697 g/mol. The molecule has 3 heterocycles. The van der Waals surface area contributed by atoms with Gasteiger partial charge in [0.25, 0.3) is 0 Å². The molecule has 0 bridgehead atoms. The molecular formula is C52H32N4O. The van der Waals surface area contributed by atoms with Crippen molar-refractivity contribution in [3.63, 3.8) is 0 Å². The van der Waals surface area contributed by atoms with Crippen LogP contribution in [0, 0.1) is 0 Å². The average Bonchev–Trinajstić information content (AvgIpc) is 3.63. The molecule has 2 aromatic heterocycles. The van der Waals surface area contributed by atoms with Gasteiger partial charge in [0.15, 0.2) is 11.5 Å². The van der Waals surface area contributed by atoms with Gasteiger partial charge in [-0.1, -0.05) is 146 Å². The number of aromatic nitrogens is 3. The van der Waals surface area contributed by atoms with Crippen molar-refractivity contribution in [3.8, 4) is 39.8 Å². The van der Waals surface area contributed by atoms with Crippen molar-refractivity contribution in [1.29, 1.82) is 0 Å². The van der Waals surface area contributed by atoms with Gasteiger partial charge in [0.05, 0.1) is 33.6 Å². The third-order valence-electron chi connectivity index (χ3n) is 11.4. The Balaban J connectivity index is 1.19. The maximum absolute atomic E-state index is 6.56. The molecule has 0 amide bonds. The molecule has 0 atom stereocenters. The van der Waals surface area contributed by atoms with Gasteiger partial charge in [-0.2, -0.15) is 0 Å². The van der Waals surface area contributed by atoms with E-state index in [0.717, 1.165) is 89.0 Å². The number of anilines is 3. The summed E-state index contributed by atoms with van der Waals surface area (Å²) in [5.41, 5.74) is 10.1. The lowest BCUT2D eigenvalue weighted by Gasteiger charge is -2.33. The van der Waals surface area contributed by atoms with E-state index in [0.29, 0.717) is 5.95 Å². The molecule has 0 aliphatic carbocycles. The first-order chi connectivity index (χ1) is 28.3. The Morgan fingerprint density at radius 1 is 0.439 bits per heavy atom. The molecule has 0 saturated carbocycles. The summed E-state index contributed by atoms with van der Waals surface area (Å²) in [5, 5.41) is 7.95. The number of ether oxygens (including phenoxy) is 1. The molecule has 5 heteroatoms. The lowest BCUT2D eigenvalue weighted by atomic mass is 9.98. The monoisotopic (exact) mass is 728 g/mol. The van der Waals surface area contributed by atoms with E-state index in [1.807, 2.05) is 12.1 Å². The Morgan fingerprint density at radius 3 is 1.98 bits per heavy atom. The maximum atomic E-state index is 6.56. The molecule has 266 valence electrons. The molecule has 11 aromatic rings. The molecule has 12 rings (SSSR count). The molecule has 0 N–H and O–H groups in total. The standard InChI is InChI=1S/C52H32N4O/c1-3-16-35(17-4-1)49-42-29-26-34-15-8-10-21-39(34)50(42)54-52(53-49)56-44-30-27-33-14-7-9-20-38(33)48(44)41-23-13-22-40(51(41)56)36-28-31-47-45(32-36)55(37-18-5-2-6-19-37)43-24-11-12-25-46(43)57-47/h1-32H. The van der Waals surface area contributed by atoms with Crippen LogP contribution in [0.25, 0.3) is 82.6 Å². The smallest absolute Gasteiger partial charge is 0.235 e. The molecule has 0 saturated heterocycles. The summed E-state index contributed by atoms with van der Waals surface area (Å²) in [6.07, 6.45) is 0. The lowest BCUT2D eigenvalue weighted by Crippen LogP contribution is -2.15. The van der Waals surface area contributed by atoms with Crippen molar-refractivity contribution in [2.45, 2.75) is 0 Å². The normalized spacial score (nSPS) is 12.3. The van der Waals surface area contributed by atoms with Gasteiger partial charge < -0.3 is 9.64 Å². The number of hydrogen-bond acceptors (Lipinski definition) is 4. The quantitative estimate of drug-likeness (QED) is 0.169. The highest BCUT2D eigenvalue weighted by atomic mass is 16.5. The second kappa shape index (κ2) is 12.4. The van der Waals surface area contributed by atoms with Gasteiger partial charge in [-0.05, 0) is 70.3 Å². The van der Waals surface area contributed by atoms with Crippen LogP contribution in [0.1, 0.15) is 0 Å². The number of nitrogens with zero attached hydrogens (tertiary/aromatic N) is 4. The molecule has 5 nitrogen and oxygen atoms in total. The predicted octanol–water partition coefficient (Wildman–Crippen LogP) is 13.9. The van der Waals surface area contributed by atoms with Gasteiger partial charge in [0.2, 0.25) is 5.95 Å². The van der Waals surface area contributed by atoms with Crippen molar-refractivity contribution in [2.24, 2.45) is 0 Å². The van der Waals surface area contributed by atoms with E-state index < -0.39 is 0 Å². The zero-order valence-corrected chi connectivity index (χ0v) is 30.7. The van der Waals surface area contributed by atoms with Gasteiger partial charge in [-0.3, -0.25) is 4.57 Å². The minimum Gasteiger partial charge on any atom is -0.453 e. The third kappa shape index (κ3) is 4.82. The topological polar surface area (TPSA) is 43.2 Å². The van der Waals surface area contributed by atoms with E-state index in [9.17, 15) is 0 Å². The van der Waals surface area contributed by atoms with E-state index in [-0.39, 0.29) is 0 Å². The third-order valence-corrected chi connectivity index (χ3v) is 11.4. The molecule has 57 heavy (non-hydrogen) atoms. The van der Waals surface area contributed by atoms with E-state index >= 15 is 0 Å². The molecule has 1 aliphatic heterocycles. The van der Waals surface area contributed by atoms with Gasteiger partial charge in [0, 0.05) is 38.4 Å². The highest BCUT2D eigenvalue weighted by Crippen LogP contribution is 2.52. The van der Waals surface area contributed by atoms with Crippen LogP contribution in [0.5, 0.6) is 11.5 Å². The first kappa shape index (κ1) is 31.6. The number of para-hydroxylation sites is 4. The lowest BCUT2D eigenvalue weighted by molar-refractivity contribution is 0.477. The average molecular weight is 729 g/mol. The second-order valence-corrected chi connectivity index (χ2v) is 14.6. The van der Waals surface area contributed by atoms with E-state index in [2.05, 4.69) is 191 Å². The molecule has 1 aliphatic rings. The van der Waals surface area contributed by atoms with Crippen LogP contribution >= 0.6 is 0 Å². The molecule has 0 spiro atoms. The van der Waals surface area contributed by atoms with Crippen LogP contribution in [-0.4, -0.2) is 14.5 Å². The predicted molar refractivity (Wildman–Crippen MR) is 235 cm³/mol. The minimum atomic E-state index is 0.626. The summed E-state index contributed by atoms with van der Waals surface area (Å²) >= 11 is 0. The Morgan fingerprint density at radius 2 is 1.12 bits per heavy atom. The first-order valence-corrected chi connectivity index (χ1v) is 19.3. The van der Waals surface area contributed by atoms with Crippen molar-refractivity contribution in [1.82, 2.24) is 14.5 Å². The summed E-state index contributed by atoms with van der Waals surface area (Å²) < 4.78 is 8.85. The second-order valence-electron chi connectivity index (χ2n) is 14.6. The van der Waals surface area contributed by atoms with Crippen LogP contribution in [0.15, 0.2) is 194 Å². The van der Waals surface area contributed by atoms with Crippen LogP contribution in [0.2, 0.25) is 0 Å². The van der Waals surface area contributed by atoms with Crippen LogP contribution < -0.4 is 9.64 Å². The highest BCUT2D eigenvalue weighted by Gasteiger charge is 2.27. The summed E-state index contributed by atoms with van der Waals surface area (Å²) in [6, 6.07) is 68.3. The number of fused-ring (bicyclic) bond motifs is 10. The fraction of sp³-hybridized carbons (Fsp3) is 0. The van der Waals surface area contributed by atoms with Crippen molar-refractivity contribution >= 4 is 71.3 Å². The summed E-state index contributed by atoms with van der Waals surface area (Å²) in [5.74, 6) is 2.25. The highest BCUT2D eigenvalue weighted by molar-refractivity contribution is 6.23. The largest absolute Gasteiger partial charge is 0.453 e. The van der Waals surface area contributed by atoms with Crippen molar-refractivity contribution in [3.05, 3.63) is 194 Å². The van der Waals surface area contributed by atoms with E-state index in [1.165, 1.54) is 16.2 Å². The molecule has 9 aromatic carbocycles. The van der Waals surface area contributed by atoms with Gasteiger partial charge in [0.1, 0.15) is 0 Å².